The van der Waals surface area contributed by atoms with Crippen LogP contribution in [0.25, 0.3) is 0 Å². The van der Waals surface area contributed by atoms with Crippen LogP contribution in [0.15, 0.2) is 72.4 Å². The molecule has 14 nitrogen and oxygen atoms in total. The summed E-state index contributed by atoms with van der Waals surface area (Å²) >= 11 is 0. The highest BCUT2D eigenvalue weighted by Crippen LogP contribution is 2.28. The summed E-state index contributed by atoms with van der Waals surface area (Å²) in [6.07, 6.45) is 16.4. The maximum absolute atomic E-state index is 14.4. The van der Waals surface area contributed by atoms with Crippen molar-refractivity contribution in [3.63, 3.8) is 0 Å². The third kappa shape index (κ3) is 16.3. The molecule has 1 aliphatic carbocycles. The number of phenols is 1. The zero-order valence-electron chi connectivity index (χ0n) is 37.7. The number of hydrazine groups is 1. The van der Waals surface area contributed by atoms with Gasteiger partial charge in [-0.3, -0.25) is 29.0 Å². The van der Waals surface area contributed by atoms with Crippen molar-refractivity contribution in [1.29, 1.82) is 0 Å². The van der Waals surface area contributed by atoms with Crippen molar-refractivity contribution < 1.29 is 48.8 Å². The number of carbonyl (C=O) groups excluding carboxylic acids is 6. The van der Waals surface area contributed by atoms with Gasteiger partial charge < -0.3 is 35.5 Å². The maximum Gasteiger partial charge on any atom is 0.325 e. The van der Waals surface area contributed by atoms with Gasteiger partial charge in [-0.1, -0.05) is 101 Å². The molecule has 6 N–H and O–H groups in total. The van der Waals surface area contributed by atoms with Crippen LogP contribution >= 0.6 is 0 Å². The molecule has 2 aliphatic heterocycles. The Kier molecular flexibility index (Phi) is 20.4. The van der Waals surface area contributed by atoms with Crippen molar-refractivity contribution in [2.45, 2.75) is 155 Å². The zero-order chi connectivity index (χ0) is 46.1. The molecule has 3 amide bonds. The number of esters is 1. The summed E-state index contributed by atoms with van der Waals surface area (Å²) in [7, 11) is 0. The highest BCUT2D eigenvalue weighted by Gasteiger charge is 2.38. The Labute approximate surface area is 372 Å². The Balaban J connectivity index is 1.66. The average Bonchev–Trinajstić information content (AvgIpc) is 3.25. The van der Waals surface area contributed by atoms with Crippen molar-refractivity contribution in [3.8, 4) is 5.75 Å². The van der Waals surface area contributed by atoms with Crippen LogP contribution in [-0.4, -0.2) is 98.6 Å². The summed E-state index contributed by atoms with van der Waals surface area (Å²) < 4.78 is 6.09. The first-order valence-corrected chi connectivity index (χ1v) is 22.8. The third-order valence-electron chi connectivity index (χ3n) is 12.4. The van der Waals surface area contributed by atoms with Crippen molar-refractivity contribution in [2.24, 2.45) is 23.7 Å². The molecule has 1 aromatic rings. The van der Waals surface area contributed by atoms with Crippen LogP contribution in [0.3, 0.4) is 0 Å². The molecule has 63 heavy (non-hydrogen) atoms. The number of fused-ring (bicyclic) bond motifs is 2. The Morgan fingerprint density at radius 1 is 0.937 bits per heavy atom. The number of ether oxygens (including phenoxy) is 1. The van der Waals surface area contributed by atoms with Gasteiger partial charge in [-0.15, -0.1) is 0 Å². The Morgan fingerprint density at radius 3 is 2.38 bits per heavy atom. The predicted octanol–water partition coefficient (Wildman–Crippen LogP) is 5.26. The fraction of sp³-hybridized carbons (Fsp3) is 0.592. The quantitative estimate of drug-likeness (QED) is 0.0907. The van der Waals surface area contributed by atoms with E-state index in [1.54, 1.807) is 76.3 Å². The minimum Gasteiger partial charge on any atom is -0.508 e. The number of nitrogens with one attached hydrogen (secondary N) is 3. The fourth-order valence-electron chi connectivity index (χ4n) is 8.37. The molecule has 0 spiro atoms. The second-order valence-electron chi connectivity index (χ2n) is 17.9. The lowest BCUT2D eigenvalue weighted by Crippen LogP contribution is -2.62. The molecule has 0 radical (unpaired) electrons. The van der Waals surface area contributed by atoms with E-state index < -0.39 is 77.9 Å². The second kappa shape index (κ2) is 25.4. The van der Waals surface area contributed by atoms with Crippen molar-refractivity contribution >= 4 is 35.3 Å². The number of aliphatic hydroxyl groups excluding tert-OH is 2. The molecule has 1 saturated carbocycles. The minimum atomic E-state index is -1.41. The van der Waals surface area contributed by atoms with E-state index in [9.17, 15) is 44.1 Å². The number of amides is 3. The number of nitrogens with zero attached hydrogens (tertiary/aromatic N) is 1. The van der Waals surface area contributed by atoms with E-state index in [2.05, 4.69) is 16.1 Å². The lowest BCUT2D eigenvalue weighted by molar-refractivity contribution is -0.156. The van der Waals surface area contributed by atoms with Crippen LogP contribution in [0.5, 0.6) is 5.75 Å². The molecule has 2 fully saturated rings. The van der Waals surface area contributed by atoms with Crippen molar-refractivity contribution in [3.05, 3.63) is 77.9 Å². The molecule has 1 unspecified atom stereocenters. The molecule has 2 bridgehead atoms. The van der Waals surface area contributed by atoms with Gasteiger partial charge in [0, 0.05) is 38.1 Å². The molecule has 8 atom stereocenters. The number of rotatable bonds is 12. The normalized spacial score (nSPS) is 29.0. The van der Waals surface area contributed by atoms with E-state index in [0.717, 1.165) is 6.42 Å². The number of carbonyl (C=O) groups is 6. The first-order valence-electron chi connectivity index (χ1n) is 22.8. The van der Waals surface area contributed by atoms with E-state index in [1.165, 1.54) is 62.2 Å². The molecule has 346 valence electrons. The summed E-state index contributed by atoms with van der Waals surface area (Å²) in [5.41, 5.74) is 4.24. The summed E-state index contributed by atoms with van der Waals surface area (Å²) in [6, 6.07) is 2.98. The SMILES string of the molecule is CC(=O)CC[C@H]1C(=O)N[C@@H](C(C)C)C(=O)N[C@@H](Cc2cccc(O)c2)C(=O)N2CCCC(N2)C(=O)O[C@H](/C(C)=C/C=C/C(=O)CCC2CCCCC2)C/C=C/C=C/[C@H](O)[C@H](C)[C@H]1O. The van der Waals surface area contributed by atoms with Gasteiger partial charge >= 0.3 is 5.97 Å². The predicted molar refractivity (Wildman–Crippen MR) is 239 cm³/mol. The highest BCUT2D eigenvalue weighted by molar-refractivity contribution is 5.93. The van der Waals surface area contributed by atoms with Crippen molar-refractivity contribution in [1.82, 2.24) is 21.1 Å². The van der Waals surface area contributed by atoms with Crippen LogP contribution in [0.1, 0.15) is 117 Å². The highest BCUT2D eigenvalue weighted by atomic mass is 16.5. The van der Waals surface area contributed by atoms with Gasteiger partial charge in [0.15, 0.2) is 5.78 Å². The van der Waals surface area contributed by atoms with Gasteiger partial charge in [0.2, 0.25) is 11.8 Å². The summed E-state index contributed by atoms with van der Waals surface area (Å²) in [6.45, 7) is 8.41. The molecule has 1 saturated heterocycles. The lowest BCUT2D eigenvalue weighted by Gasteiger charge is -2.36. The molecule has 3 aliphatic rings. The van der Waals surface area contributed by atoms with Gasteiger partial charge in [-0.25, -0.2) is 5.43 Å². The molecule has 14 heteroatoms. The lowest BCUT2D eigenvalue weighted by atomic mass is 9.84. The molecular weight excluding hydrogens is 805 g/mol. The second-order valence-corrected chi connectivity index (χ2v) is 17.9. The standard InChI is InChI=1S/C49H70N4O10/c1-31(2)44-47(60)50-41(30-36-18-13-20-38(56)29-36)48(61)53-28-14-21-40(52-53)49(62)63-43(32(3)15-12-19-37(55)26-25-35-16-8-6-9-17-35)23-11-7-10-22-42(57)34(5)45(58)39(46(59)51-44)27-24-33(4)54/h7,10-13,15,18-20,22,29,31,34-35,39-45,52,56-58H,6,8-9,14,16-17,21,23-28,30H2,1-5H3,(H,50,60)(H,51,59)/b11-7+,19-12+,22-10+,32-15+/t34-,39+,40?,41-,42-,43-,44-,45+/m0/s1. The van der Waals surface area contributed by atoms with Gasteiger partial charge in [0.1, 0.15) is 35.8 Å². The molecule has 0 aromatic heterocycles. The molecule has 4 rings (SSSR count). The fourth-order valence-corrected chi connectivity index (χ4v) is 8.37. The smallest absolute Gasteiger partial charge is 0.325 e. The number of benzene rings is 1. The van der Waals surface area contributed by atoms with Gasteiger partial charge in [0.05, 0.1) is 18.1 Å². The number of allylic oxidation sites excluding steroid dienone is 5. The number of Topliss-reactive ketones (excluding diaryl/α,β-unsaturated/α-hetero) is 1. The topological polar surface area (TPSA) is 212 Å². The summed E-state index contributed by atoms with van der Waals surface area (Å²) in [4.78, 5) is 81.1. The monoisotopic (exact) mass is 875 g/mol. The Bertz CT molecular complexity index is 1850. The number of aromatic hydroxyl groups is 1. The van der Waals surface area contributed by atoms with E-state index >= 15 is 0 Å². The number of phenolic OH excluding ortho intramolecular Hbond substituents is 1. The third-order valence-corrected chi connectivity index (χ3v) is 12.4. The molecule has 2 heterocycles. The Hall–Kier alpha value is -4.92. The van der Waals surface area contributed by atoms with Gasteiger partial charge in [0.25, 0.3) is 5.91 Å². The number of ketones is 2. The first-order chi connectivity index (χ1) is 30.0. The zero-order valence-corrected chi connectivity index (χ0v) is 37.7. The summed E-state index contributed by atoms with van der Waals surface area (Å²) in [5.74, 6) is -4.66. The minimum absolute atomic E-state index is 0.0223. The van der Waals surface area contributed by atoms with E-state index in [-0.39, 0.29) is 49.5 Å². The van der Waals surface area contributed by atoms with Gasteiger partial charge in [-0.2, -0.15) is 0 Å². The van der Waals surface area contributed by atoms with E-state index in [4.69, 9.17) is 4.74 Å². The first kappa shape index (κ1) is 50.7. The van der Waals surface area contributed by atoms with Crippen LogP contribution in [0.4, 0.5) is 0 Å². The Morgan fingerprint density at radius 2 is 1.68 bits per heavy atom. The van der Waals surface area contributed by atoms with E-state index in [0.29, 0.717) is 36.3 Å². The van der Waals surface area contributed by atoms with Crippen LogP contribution in [0.2, 0.25) is 0 Å². The molecular formula is C49H70N4O10. The summed E-state index contributed by atoms with van der Waals surface area (Å²) in [5, 5.41) is 39.7. The molecule has 1 aromatic carbocycles. The van der Waals surface area contributed by atoms with Gasteiger partial charge in [-0.05, 0) is 80.7 Å². The number of hydrogen-bond donors (Lipinski definition) is 6. The van der Waals surface area contributed by atoms with Crippen LogP contribution in [0, 0.1) is 23.7 Å². The van der Waals surface area contributed by atoms with E-state index in [1.807, 2.05) is 0 Å². The van der Waals surface area contributed by atoms with Crippen LogP contribution < -0.4 is 16.1 Å². The van der Waals surface area contributed by atoms with Crippen molar-refractivity contribution in [2.75, 3.05) is 6.54 Å². The number of hydrogen-bond acceptors (Lipinski definition) is 11. The largest absolute Gasteiger partial charge is 0.508 e. The van der Waals surface area contributed by atoms with Crippen LogP contribution in [-0.2, 0) is 39.9 Å². The number of cyclic esters (lactones) is 1. The maximum atomic E-state index is 14.4. The average molecular weight is 875 g/mol. The number of aliphatic hydroxyl groups is 2.